The lowest BCUT2D eigenvalue weighted by atomic mass is 10.2. The highest BCUT2D eigenvalue weighted by Gasteiger charge is 2.28. The molecule has 25 heavy (non-hydrogen) atoms. The van der Waals surface area contributed by atoms with Gasteiger partial charge in [0.15, 0.2) is 15.0 Å². The van der Waals surface area contributed by atoms with E-state index in [2.05, 4.69) is 10.3 Å². The maximum absolute atomic E-state index is 12.5. The quantitative estimate of drug-likeness (QED) is 0.608. The molecule has 134 valence electrons. The van der Waals surface area contributed by atoms with E-state index in [1.807, 2.05) is 13.0 Å². The molecule has 3 rings (SSSR count). The number of fused-ring (bicyclic) bond motifs is 1. The Balaban J connectivity index is 1.72. The van der Waals surface area contributed by atoms with Gasteiger partial charge in [0, 0.05) is 12.6 Å². The fourth-order valence-electron chi connectivity index (χ4n) is 2.84. The van der Waals surface area contributed by atoms with E-state index in [4.69, 9.17) is 0 Å². The first kappa shape index (κ1) is 17.9. The second-order valence-electron chi connectivity index (χ2n) is 5.92. The van der Waals surface area contributed by atoms with Crippen LogP contribution in [0.15, 0.2) is 34.2 Å². The van der Waals surface area contributed by atoms with E-state index >= 15 is 0 Å². The zero-order valence-corrected chi connectivity index (χ0v) is 15.4. The molecule has 0 spiro atoms. The minimum atomic E-state index is -3.03. The van der Waals surface area contributed by atoms with Crippen LogP contribution in [0.25, 0.3) is 10.9 Å². The highest BCUT2D eigenvalue weighted by atomic mass is 32.2. The van der Waals surface area contributed by atoms with E-state index in [1.54, 1.807) is 22.8 Å². The molecule has 1 aromatic heterocycles. The van der Waals surface area contributed by atoms with Gasteiger partial charge < -0.3 is 5.32 Å². The Morgan fingerprint density at radius 3 is 2.84 bits per heavy atom. The number of thioether (sulfide) groups is 1. The Morgan fingerprint density at radius 1 is 1.40 bits per heavy atom. The summed E-state index contributed by atoms with van der Waals surface area (Å²) in [4.78, 5) is 29.1. The van der Waals surface area contributed by atoms with Crippen molar-refractivity contribution >= 4 is 38.4 Å². The normalized spacial score (nSPS) is 19.2. The number of hydrogen-bond acceptors (Lipinski definition) is 6. The van der Waals surface area contributed by atoms with Crippen molar-refractivity contribution < 1.29 is 13.2 Å². The maximum Gasteiger partial charge on any atom is 0.262 e. The van der Waals surface area contributed by atoms with Crippen LogP contribution < -0.4 is 10.9 Å². The number of nitrogens with one attached hydrogen (secondary N) is 1. The lowest BCUT2D eigenvalue weighted by Gasteiger charge is -2.13. The number of carbonyl (C=O) groups excluding carboxylic acids is 1. The molecule has 1 fully saturated rings. The van der Waals surface area contributed by atoms with Crippen LogP contribution in [0, 0.1) is 0 Å². The number of aromatic nitrogens is 2. The summed E-state index contributed by atoms with van der Waals surface area (Å²) in [5.41, 5.74) is 0.472. The molecule has 1 saturated heterocycles. The van der Waals surface area contributed by atoms with Crippen LogP contribution in [0.1, 0.15) is 13.3 Å². The number of para-hydroxylation sites is 1. The molecule has 0 radical (unpaired) electrons. The predicted octanol–water partition coefficient (Wildman–Crippen LogP) is 0.812. The van der Waals surface area contributed by atoms with E-state index < -0.39 is 9.84 Å². The maximum atomic E-state index is 12.5. The molecule has 1 atom stereocenters. The monoisotopic (exact) mass is 381 g/mol. The van der Waals surface area contributed by atoms with Gasteiger partial charge in [0.2, 0.25) is 5.91 Å². The summed E-state index contributed by atoms with van der Waals surface area (Å²) in [7, 11) is -3.03. The lowest BCUT2D eigenvalue weighted by Crippen LogP contribution is -2.36. The summed E-state index contributed by atoms with van der Waals surface area (Å²) in [6, 6.07) is 6.78. The molecule has 1 amide bonds. The summed E-state index contributed by atoms with van der Waals surface area (Å²) in [5, 5.41) is 3.78. The molecule has 2 heterocycles. The third-order valence-electron chi connectivity index (χ3n) is 4.07. The van der Waals surface area contributed by atoms with Gasteiger partial charge in [-0.3, -0.25) is 14.2 Å². The zero-order valence-electron chi connectivity index (χ0n) is 13.8. The summed E-state index contributed by atoms with van der Waals surface area (Å²) >= 11 is 1.18. The van der Waals surface area contributed by atoms with Crippen LogP contribution in [0.3, 0.4) is 0 Å². The first-order valence-electron chi connectivity index (χ1n) is 8.02. The lowest BCUT2D eigenvalue weighted by molar-refractivity contribution is -0.119. The standard InChI is InChI=1S/C16H19N3O4S2/c1-2-19-15(21)12-5-3-4-6-13(12)18-16(19)24-9-14(20)17-11-7-8-25(22,23)10-11/h3-6,11H,2,7-10H2,1H3,(H,17,20)/t11-/m0/s1. The molecule has 0 unspecified atom stereocenters. The molecule has 1 aromatic carbocycles. The van der Waals surface area contributed by atoms with Crippen molar-refractivity contribution in [1.29, 1.82) is 0 Å². The van der Waals surface area contributed by atoms with Gasteiger partial charge >= 0.3 is 0 Å². The molecule has 7 nitrogen and oxygen atoms in total. The summed E-state index contributed by atoms with van der Waals surface area (Å²) in [5.74, 6) is -0.0529. The van der Waals surface area contributed by atoms with Crippen LogP contribution in [-0.4, -0.2) is 47.2 Å². The summed E-state index contributed by atoms with van der Waals surface area (Å²) < 4.78 is 24.4. The molecular formula is C16H19N3O4S2. The third kappa shape index (κ3) is 4.04. The number of hydrogen-bond donors (Lipinski definition) is 1. The first-order valence-corrected chi connectivity index (χ1v) is 10.8. The SMILES string of the molecule is CCn1c(SCC(=O)N[C@H]2CCS(=O)(=O)C2)nc2ccccc2c1=O. The van der Waals surface area contributed by atoms with E-state index in [-0.39, 0.29) is 34.8 Å². The van der Waals surface area contributed by atoms with Crippen LogP contribution in [0.4, 0.5) is 0 Å². The average molecular weight is 381 g/mol. The fraction of sp³-hybridized carbons (Fsp3) is 0.438. The van der Waals surface area contributed by atoms with Crippen molar-refractivity contribution in [2.45, 2.75) is 31.1 Å². The Kier molecular flexibility index (Phi) is 5.14. The van der Waals surface area contributed by atoms with Gasteiger partial charge in [0.25, 0.3) is 5.56 Å². The average Bonchev–Trinajstić information content (AvgIpc) is 2.91. The molecule has 0 bridgehead atoms. The van der Waals surface area contributed by atoms with Crippen LogP contribution in [0.5, 0.6) is 0 Å². The second-order valence-corrected chi connectivity index (χ2v) is 9.09. The van der Waals surface area contributed by atoms with Crippen molar-refractivity contribution in [1.82, 2.24) is 14.9 Å². The van der Waals surface area contributed by atoms with Gasteiger partial charge in [0.1, 0.15) is 0 Å². The highest BCUT2D eigenvalue weighted by Crippen LogP contribution is 2.18. The second kappa shape index (κ2) is 7.17. The zero-order chi connectivity index (χ0) is 18.0. The summed E-state index contributed by atoms with van der Waals surface area (Å²) in [6.07, 6.45) is 0.451. The molecule has 0 aliphatic carbocycles. The molecular weight excluding hydrogens is 362 g/mol. The van der Waals surface area contributed by atoms with Gasteiger partial charge in [0.05, 0.1) is 28.2 Å². The number of carbonyl (C=O) groups is 1. The molecule has 9 heteroatoms. The molecule has 1 aliphatic rings. The fourth-order valence-corrected chi connectivity index (χ4v) is 5.39. The first-order chi connectivity index (χ1) is 11.9. The van der Waals surface area contributed by atoms with Gasteiger partial charge in [-0.15, -0.1) is 0 Å². The Labute approximate surface area is 149 Å². The van der Waals surface area contributed by atoms with Crippen LogP contribution in [0.2, 0.25) is 0 Å². The van der Waals surface area contributed by atoms with Gasteiger partial charge in [-0.2, -0.15) is 0 Å². The Morgan fingerprint density at radius 2 is 2.16 bits per heavy atom. The van der Waals surface area contributed by atoms with Gasteiger partial charge in [-0.05, 0) is 25.5 Å². The van der Waals surface area contributed by atoms with E-state index in [0.717, 1.165) is 0 Å². The van der Waals surface area contributed by atoms with Crippen molar-refractivity contribution in [2.75, 3.05) is 17.3 Å². The van der Waals surface area contributed by atoms with Crippen molar-refractivity contribution in [3.05, 3.63) is 34.6 Å². The van der Waals surface area contributed by atoms with Crippen molar-refractivity contribution in [3.8, 4) is 0 Å². The topological polar surface area (TPSA) is 98.1 Å². The molecule has 2 aromatic rings. The van der Waals surface area contributed by atoms with Crippen LogP contribution in [-0.2, 0) is 21.2 Å². The number of amides is 1. The molecule has 1 aliphatic heterocycles. The van der Waals surface area contributed by atoms with Crippen LogP contribution >= 0.6 is 11.8 Å². The number of benzene rings is 1. The summed E-state index contributed by atoms with van der Waals surface area (Å²) in [6.45, 7) is 2.31. The van der Waals surface area contributed by atoms with Crippen molar-refractivity contribution in [2.24, 2.45) is 0 Å². The predicted molar refractivity (Wildman–Crippen MR) is 97.6 cm³/mol. The molecule has 0 saturated carbocycles. The smallest absolute Gasteiger partial charge is 0.262 e. The minimum Gasteiger partial charge on any atom is -0.352 e. The van der Waals surface area contributed by atoms with Crippen molar-refractivity contribution in [3.63, 3.8) is 0 Å². The van der Waals surface area contributed by atoms with Gasteiger partial charge in [-0.25, -0.2) is 13.4 Å². The highest BCUT2D eigenvalue weighted by molar-refractivity contribution is 7.99. The minimum absolute atomic E-state index is 0.00268. The number of nitrogens with zero attached hydrogens (tertiary/aromatic N) is 2. The van der Waals surface area contributed by atoms with E-state index in [0.29, 0.717) is 29.0 Å². The van der Waals surface area contributed by atoms with E-state index in [9.17, 15) is 18.0 Å². The number of sulfone groups is 1. The largest absolute Gasteiger partial charge is 0.352 e. The Bertz CT molecular complexity index is 969. The Hall–Kier alpha value is -1.87. The van der Waals surface area contributed by atoms with E-state index in [1.165, 1.54) is 11.8 Å². The van der Waals surface area contributed by atoms with Gasteiger partial charge in [-0.1, -0.05) is 23.9 Å². The third-order valence-corrected chi connectivity index (χ3v) is 6.82. The molecule has 1 N–H and O–H groups in total. The number of rotatable bonds is 5.